The van der Waals surface area contributed by atoms with Crippen molar-refractivity contribution in [1.82, 2.24) is 4.90 Å². The first-order chi connectivity index (χ1) is 9.85. The Balaban J connectivity index is 2.10. The molecule has 1 N–H and O–H groups in total. The third-order valence-electron chi connectivity index (χ3n) is 3.38. The third-order valence-corrected chi connectivity index (χ3v) is 4.67. The Morgan fingerprint density at radius 1 is 1.52 bits per heavy atom. The first-order valence-corrected chi connectivity index (χ1v) is 7.90. The molecule has 5 heteroatoms. The molecule has 0 unspecified atom stereocenters. The van der Waals surface area contributed by atoms with Gasteiger partial charge in [-0.3, -0.25) is 4.90 Å². The van der Waals surface area contributed by atoms with Crippen LogP contribution in [0, 0.1) is 5.82 Å². The van der Waals surface area contributed by atoms with E-state index in [1.54, 1.807) is 12.1 Å². The van der Waals surface area contributed by atoms with Crippen molar-refractivity contribution in [2.24, 2.45) is 0 Å². The molecule has 1 aromatic carbocycles. The number of carbonyl (C=O) groups is 1. The molecular weight excluding hydrogens is 289 g/mol. The lowest BCUT2D eigenvalue weighted by Gasteiger charge is -2.37. The number of aliphatic carboxylic acids is 1. The molecule has 0 spiro atoms. The maximum atomic E-state index is 13.7. The first kappa shape index (κ1) is 16.0. The molecule has 1 fully saturated rings. The number of carboxylic acids is 1. The van der Waals surface area contributed by atoms with Gasteiger partial charge < -0.3 is 5.11 Å². The van der Waals surface area contributed by atoms with E-state index in [0.29, 0.717) is 5.56 Å². The third kappa shape index (κ3) is 4.86. The minimum atomic E-state index is -1.07. The normalized spacial score (nSPS) is 19.0. The van der Waals surface area contributed by atoms with E-state index in [0.717, 1.165) is 37.0 Å². The molecule has 0 saturated carbocycles. The van der Waals surface area contributed by atoms with Crippen molar-refractivity contribution in [3.8, 4) is 0 Å². The van der Waals surface area contributed by atoms with Crippen LogP contribution in [0.1, 0.15) is 25.0 Å². The summed E-state index contributed by atoms with van der Waals surface area (Å²) in [6.07, 6.45) is 2.26. The zero-order valence-corrected chi connectivity index (χ0v) is 13.1. The molecule has 1 aliphatic heterocycles. The van der Waals surface area contributed by atoms with Crippen LogP contribution in [-0.2, 0) is 11.3 Å². The first-order valence-electron chi connectivity index (χ1n) is 6.91. The van der Waals surface area contributed by atoms with Gasteiger partial charge in [-0.1, -0.05) is 6.07 Å². The van der Waals surface area contributed by atoms with Crippen molar-refractivity contribution in [2.75, 3.05) is 18.8 Å². The molecule has 0 bridgehead atoms. The van der Waals surface area contributed by atoms with Gasteiger partial charge in [0.1, 0.15) is 5.82 Å². The van der Waals surface area contributed by atoms with Gasteiger partial charge >= 0.3 is 5.97 Å². The smallest absolute Gasteiger partial charge is 0.328 e. The lowest BCUT2D eigenvalue weighted by molar-refractivity contribution is -0.131. The van der Waals surface area contributed by atoms with Gasteiger partial charge in [0.15, 0.2) is 0 Å². The molecular formula is C16H20FNO2S. The number of hydrogen-bond donors (Lipinski definition) is 1. The number of benzene rings is 1. The van der Waals surface area contributed by atoms with Gasteiger partial charge in [-0.15, -0.1) is 0 Å². The topological polar surface area (TPSA) is 40.5 Å². The summed E-state index contributed by atoms with van der Waals surface area (Å²) in [7, 11) is 0. The second kappa shape index (κ2) is 6.62. The molecule has 0 atom stereocenters. The summed E-state index contributed by atoms with van der Waals surface area (Å²) in [6, 6.07) is 4.90. The summed E-state index contributed by atoms with van der Waals surface area (Å²) in [6.45, 7) is 7.24. The van der Waals surface area contributed by atoms with Gasteiger partial charge in [-0.25, -0.2) is 9.18 Å². The van der Waals surface area contributed by atoms with E-state index in [-0.39, 0.29) is 4.75 Å². The number of nitrogens with zero attached hydrogens (tertiary/aromatic N) is 1. The maximum Gasteiger partial charge on any atom is 0.328 e. The average molecular weight is 309 g/mol. The van der Waals surface area contributed by atoms with E-state index < -0.39 is 11.8 Å². The van der Waals surface area contributed by atoms with Gasteiger partial charge in [-0.2, -0.15) is 11.8 Å². The summed E-state index contributed by atoms with van der Waals surface area (Å²) in [5.74, 6) is -0.375. The van der Waals surface area contributed by atoms with Crippen LogP contribution in [0.15, 0.2) is 24.3 Å². The zero-order valence-electron chi connectivity index (χ0n) is 12.3. The van der Waals surface area contributed by atoms with Crippen molar-refractivity contribution in [3.05, 3.63) is 41.2 Å². The molecule has 2 rings (SSSR count). The van der Waals surface area contributed by atoms with Crippen LogP contribution >= 0.6 is 11.8 Å². The quantitative estimate of drug-likeness (QED) is 0.867. The van der Waals surface area contributed by atoms with E-state index in [9.17, 15) is 9.18 Å². The van der Waals surface area contributed by atoms with Gasteiger partial charge in [0, 0.05) is 41.8 Å². The van der Waals surface area contributed by atoms with Crippen molar-refractivity contribution >= 4 is 23.8 Å². The fourth-order valence-electron chi connectivity index (χ4n) is 2.49. The van der Waals surface area contributed by atoms with E-state index >= 15 is 0 Å². The molecule has 0 aromatic heterocycles. The number of thioether (sulfide) groups is 1. The van der Waals surface area contributed by atoms with Crippen molar-refractivity contribution in [2.45, 2.75) is 25.1 Å². The van der Waals surface area contributed by atoms with Crippen LogP contribution < -0.4 is 0 Å². The lowest BCUT2D eigenvalue weighted by Crippen LogP contribution is -2.42. The van der Waals surface area contributed by atoms with Crippen LogP contribution in [0.25, 0.3) is 6.08 Å². The fourth-order valence-corrected chi connectivity index (χ4v) is 3.66. The van der Waals surface area contributed by atoms with Crippen LogP contribution in [-0.4, -0.2) is 39.6 Å². The van der Waals surface area contributed by atoms with Crippen LogP contribution in [0.4, 0.5) is 4.39 Å². The second-order valence-electron chi connectivity index (χ2n) is 5.85. The highest BCUT2D eigenvalue weighted by molar-refractivity contribution is 8.00. The number of hydrogen-bond acceptors (Lipinski definition) is 3. The standard InChI is InChI=1S/C16H20FNO2S/c1-16(2)11-18(7-8-21-16)10-12-3-5-14(17)13(9-12)4-6-15(19)20/h3-6,9H,7-8,10-11H2,1-2H3,(H,19,20)/b6-4+. The number of carboxylic acid groups (broad SMARTS) is 1. The average Bonchev–Trinajstić information content (AvgIpc) is 2.38. The van der Waals surface area contributed by atoms with Crippen molar-refractivity contribution in [3.63, 3.8) is 0 Å². The molecule has 114 valence electrons. The largest absolute Gasteiger partial charge is 0.478 e. The van der Waals surface area contributed by atoms with Gasteiger partial charge in [-0.05, 0) is 37.6 Å². The monoisotopic (exact) mass is 309 g/mol. The van der Waals surface area contributed by atoms with E-state index in [1.165, 1.54) is 12.1 Å². The number of rotatable bonds is 4. The van der Waals surface area contributed by atoms with E-state index in [4.69, 9.17) is 5.11 Å². The highest BCUT2D eigenvalue weighted by Crippen LogP contribution is 2.30. The Morgan fingerprint density at radius 2 is 2.29 bits per heavy atom. The molecule has 1 saturated heterocycles. The Hall–Kier alpha value is -1.33. The highest BCUT2D eigenvalue weighted by atomic mass is 32.2. The molecule has 3 nitrogen and oxygen atoms in total. The summed E-state index contributed by atoms with van der Waals surface area (Å²) in [5, 5.41) is 8.63. The van der Waals surface area contributed by atoms with Crippen LogP contribution in [0.2, 0.25) is 0 Å². The molecule has 0 radical (unpaired) electrons. The maximum absolute atomic E-state index is 13.7. The summed E-state index contributed by atoms with van der Waals surface area (Å²) >= 11 is 1.97. The second-order valence-corrected chi connectivity index (χ2v) is 7.65. The molecule has 1 aliphatic rings. The van der Waals surface area contributed by atoms with Gasteiger partial charge in [0.2, 0.25) is 0 Å². The SMILES string of the molecule is CC1(C)CN(Cc2ccc(F)c(/C=C/C(=O)O)c2)CCS1. The van der Waals surface area contributed by atoms with Crippen LogP contribution in [0.5, 0.6) is 0 Å². The number of halogens is 1. The van der Waals surface area contributed by atoms with Gasteiger partial charge in [0.25, 0.3) is 0 Å². The van der Waals surface area contributed by atoms with E-state index in [2.05, 4.69) is 18.7 Å². The summed E-state index contributed by atoms with van der Waals surface area (Å²) in [5.41, 5.74) is 1.32. The molecule has 0 aliphatic carbocycles. The Bertz CT molecular complexity index is 557. The van der Waals surface area contributed by atoms with E-state index in [1.807, 2.05) is 11.8 Å². The summed E-state index contributed by atoms with van der Waals surface area (Å²) in [4.78, 5) is 12.9. The highest BCUT2D eigenvalue weighted by Gasteiger charge is 2.26. The van der Waals surface area contributed by atoms with Crippen molar-refractivity contribution in [1.29, 1.82) is 0 Å². The Labute approximate surface area is 128 Å². The Morgan fingerprint density at radius 3 is 2.95 bits per heavy atom. The fraction of sp³-hybridized carbons (Fsp3) is 0.438. The predicted molar refractivity (Wildman–Crippen MR) is 84.9 cm³/mol. The minimum Gasteiger partial charge on any atom is -0.478 e. The summed E-state index contributed by atoms with van der Waals surface area (Å²) < 4.78 is 13.9. The predicted octanol–water partition coefficient (Wildman–Crippen LogP) is 3.25. The van der Waals surface area contributed by atoms with Crippen molar-refractivity contribution < 1.29 is 14.3 Å². The molecule has 1 aromatic rings. The molecule has 21 heavy (non-hydrogen) atoms. The zero-order chi connectivity index (χ0) is 15.5. The molecule has 1 heterocycles. The van der Waals surface area contributed by atoms with Gasteiger partial charge in [0.05, 0.1) is 0 Å². The van der Waals surface area contributed by atoms with Crippen LogP contribution in [0.3, 0.4) is 0 Å². The Kier molecular flexibility index (Phi) is 5.06. The molecule has 0 amide bonds. The minimum absolute atomic E-state index is 0.240. The lowest BCUT2D eigenvalue weighted by atomic mass is 10.1.